The molecule has 1 fully saturated rings. The lowest BCUT2D eigenvalue weighted by molar-refractivity contribution is -0.404. The molecule has 0 aromatic carbocycles. The minimum absolute atomic E-state index is 0.345. The number of nitro groups is 1. The highest BCUT2D eigenvalue weighted by Gasteiger charge is 2.25. The second-order valence-corrected chi connectivity index (χ2v) is 6.45. The van der Waals surface area contributed by atoms with Gasteiger partial charge in [-0.1, -0.05) is 0 Å². The number of nitrogens with one attached hydrogen (secondary N) is 2. The van der Waals surface area contributed by atoms with Crippen molar-refractivity contribution in [1.82, 2.24) is 15.5 Å². The van der Waals surface area contributed by atoms with E-state index in [9.17, 15) is 10.1 Å². The highest BCUT2D eigenvalue weighted by atomic mass is 32.2. The Bertz CT molecular complexity index is 352. The van der Waals surface area contributed by atoms with Gasteiger partial charge in [0.2, 0.25) is 0 Å². The number of rotatable bonds is 10. The summed E-state index contributed by atoms with van der Waals surface area (Å²) in [5.41, 5.74) is 0. The lowest BCUT2D eigenvalue weighted by atomic mass is 10.2. The van der Waals surface area contributed by atoms with Crippen LogP contribution >= 0.6 is 11.8 Å². The van der Waals surface area contributed by atoms with Crippen LogP contribution in [0.25, 0.3) is 0 Å². The van der Waals surface area contributed by atoms with Gasteiger partial charge in [0.1, 0.15) is 0 Å². The molecule has 2 N–H and O–H groups in total. The molecule has 2 atom stereocenters. The molecule has 0 aromatic rings. The Morgan fingerprint density at radius 3 is 2.81 bits per heavy atom. The van der Waals surface area contributed by atoms with Gasteiger partial charge in [-0.2, -0.15) is 11.8 Å². The molecule has 0 amide bonds. The van der Waals surface area contributed by atoms with Crippen LogP contribution in [0.1, 0.15) is 12.8 Å². The molecule has 1 saturated heterocycles. The van der Waals surface area contributed by atoms with E-state index in [1.807, 2.05) is 11.8 Å². The van der Waals surface area contributed by atoms with Crippen LogP contribution in [-0.4, -0.2) is 67.8 Å². The maximum Gasteiger partial charge on any atom is 0.274 e. The zero-order valence-corrected chi connectivity index (χ0v) is 13.8. The van der Waals surface area contributed by atoms with Gasteiger partial charge in [0.05, 0.1) is 17.1 Å². The van der Waals surface area contributed by atoms with E-state index >= 15 is 0 Å². The van der Waals surface area contributed by atoms with Crippen molar-refractivity contribution >= 4 is 11.8 Å². The number of likely N-dealkylation sites (N-methyl/N-ethyl adjacent to an activating group) is 1. The molecular formula is C13H26N4O3S. The van der Waals surface area contributed by atoms with Gasteiger partial charge in [0.15, 0.2) is 5.82 Å². The molecule has 0 bridgehead atoms. The molecule has 8 heteroatoms. The first-order valence-electron chi connectivity index (χ1n) is 7.16. The predicted octanol–water partition coefficient (Wildman–Crippen LogP) is 0.713. The Labute approximate surface area is 130 Å². The van der Waals surface area contributed by atoms with Crippen molar-refractivity contribution in [3.8, 4) is 0 Å². The zero-order valence-electron chi connectivity index (χ0n) is 13.0. The van der Waals surface area contributed by atoms with Gasteiger partial charge < -0.3 is 20.3 Å². The summed E-state index contributed by atoms with van der Waals surface area (Å²) in [5.74, 6) is 2.32. The summed E-state index contributed by atoms with van der Waals surface area (Å²) < 4.78 is 5.98. The van der Waals surface area contributed by atoms with Crippen LogP contribution in [0.15, 0.2) is 12.0 Å². The monoisotopic (exact) mass is 318 g/mol. The Kier molecular flexibility index (Phi) is 8.48. The quantitative estimate of drug-likeness (QED) is 0.349. The number of thioether (sulfide) groups is 1. The fraction of sp³-hybridized carbons (Fsp3) is 0.846. The second kappa shape index (κ2) is 9.86. The molecule has 7 nitrogen and oxygen atoms in total. The first-order valence-corrected chi connectivity index (χ1v) is 8.31. The van der Waals surface area contributed by atoms with Crippen LogP contribution in [0, 0.1) is 10.1 Å². The average Bonchev–Trinajstić information content (AvgIpc) is 2.83. The molecule has 1 aliphatic heterocycles. The van der Waals surface area contributed by atoms with Crippen molar-refractivity contribution in [3.05, 3.63) is 22.1 Å². The van der Waals surface area contributed by atoms with E-state index in [1.165, 1.54) is 0 Å². The lowest BCUT2D eigenvalue weighted by Crippen LogP contribution is -2.27. The van der Waals surface area contributed by atoms with Gasteiger partial charge in [-0.15, -0.1) is 0 Å². The molecule has 0 aromatic heterocycles. The topological polar surface area (TPSA) is 79.7 Å². The van der Waals surface area contributed by atoms with Gasteiger partial charge in [-0.25, -0.2) is 0 Å². The van der Waals surface area contributed by atoms with Gasteiger partial charge in [-0.05, 0) is 26.9 Å². The van der Waals surface area contributed by atoms with E-state index in [0.29, 0.717) is 24.6 Å². The highest BCUT2D eigenvalue weighted by Crippen LogP contribution is 2.23. The summed E-state index contributed by atoms with van der Waals surface area (Å²) >= 11 is 1.82. The van der Waals surface area contributed by atoms with Crippen molar-refractivity contribution in [2.24, 2.45) is 0 Å². The van der Waals surface area contributed by atoms with Gasteiger partial charge >= 0.3 is 0 Å². The largest absolute Gasteiger partial charge is 0.373 e. The highest BCUT2D eigenvalue weighted by molar-refractivity contribution is 7.99. The van der Waals surface area contributed by atoms with Crippen molar-refractivity contribution in [2.75, 3.05) is 45.7 Å². The zero-order chi connectivity index (χ0) is 15.7. The molecule has 1 aliphatic rings. The third-order valence-corrected chi connectivity index (χ3v) is 4.23. The number of hydrogen-bond acceptors (Lipinski definition) is 7. The van der Waals surface area contributed by atoms with Crippen LogP contribution < -0.4 is 10.6 Å². The fourth-order valence-electron chi connectivity index (χ4n) is 2.22. The number of ether oxygens (including phenoxy) is 1. The smallest absolute Gasteiger partial charge is 0.274 e. The minimum atomic E-state index is -0.469. The van der Waals surface area contributed by atoms with Crippen LogP contribution in [0.3, 0.4) is 0 Å². The van der Waals surface area contributed by atoms with E-state index in [1.54, 1.807) is 7.05 Å². The third kappa shape index (κ3) is 8.13. The standard InChI is InChI=1S/C13H26N4O3S/c1-14-13(9-17(18)19)15-6-7-21-10-12-5-4-11(20-12)8-16(2)3/h9,11-12,14-15H,4-8,10H2,1-3H3/b13-9+/t11-,12-/m0/s1. The normalized spacial score (nSPS) is 22.6. The van der Waals surface area contributed by atoms with E-state index in [2.05, 4.69) is 29.6 Å². The van der Waals surface area contributed by atoms with Gasteiger partial charge in [-0.3, -0.25) is 10.1 Å². The molecular weight excluding hydrogens is 292 g/mol. The van der Waals surface area contributed by atoms with E-state index < -0.39 is 4.92 Å². The fourth-order valence-corrected chi connectivity index (χ4v) is 3.14. The summed E-state index contributed by atoms with van der Waals surface area (Å²) in [6.07, 6.45) is 3.91. The van der Waals surface area contributed by atoms with Gasteiger partial charge in [0, 0.05) is 31.6 Å². The molecule has 0 unspecified atom stereocenters. The van der Waals surface area contributed by atoms with Crippen LogP contribution in [0.5, 0.6) is 0 Å². The maximum absolute atomic E-state index is 10.4. The average molecular weight is 318 g/mol. The molecule has 122 valence electrons. The van der Waals surface area contributed by atoms with Crippen molar-refractivity contribution in [2.45, 2.75) is 25.0 Å². The molecule has 21 heavy (non-hydrogen) atoms. The SMILES string of the molecule is CN/C(=C\[N+](=O)[O-])NCCSC[C@@H]1CC[C@@H](CN(C)C)O1. The summed E-state index contributed by atoms with van der Waals surface area (Å²) in [7, 11) is 5.79. The Balaban J connectivity index is 2.08. The predicted molar refractivity (Wildman–Crippen MR) is 85.9 cm³/mol. The first-order chi connectivity index (χ1) is 10.0. The molecule has 0 spiro atoms. The summed E-state index contributed by atoms with van der Waals surface area (Å²) in [6, 6.07) is 0. The second-order valence-electron chi connectivity index (χ2n) is 5.30. The lowest BCUT2D eigenvalue weighted by Gasteiger charge is -2.17. The van der Waals surface area contributed by atoms with E-state index in [0.717, 1.165) is 37.1 Å². The molecule has 0 saturated carbocycles. The summed E-state index contributed by atoms with van der Waals surface area (Å²) in [6.45, 7) is 1.68. The molecule has 0 aliphatic carbocycles. The minimum Gasteiger partial charge on any atom is -0.373 e. The summed E-state index contributed by atoms with van der Waals surface area (Å²) in [5, 5.41) is 16.1. The third-order valence-electron chi connectivity index (χ3n) is 3.13. The Morgan fingerprint density at radius 2 is 2.19 bits per heavy atom. The molecule has 1 heterocycles. The summed E-state index contributed by atoms with van der Waals surface area (Å²) in [4.78, 5) is 12.1. The van der Waals surface area contributed by atoms with Crippen molar-refractivity contribution < 1.29 is 9.66 Å². The van der Waals surface area contributed by atoms with Crippen LogP contribution in [0.2, 0.25) is 0 Å². The number of nitrogens with zero attached hydrogens (tertiary/aromatic N) is 2. The van der Waals surface area contributed by atoms with E-state index in [-0.39, 0.29) is 0 Å². The number of hydrogen-bond donors (Lipinski definition) is 2. The maximum atomic E-state index is 10.4. The molecule has 1 rings (SSSR count). The Hall–Kier alpha value is -0.990. The first kappa shape index (κ1) is 18.1. The van der Waals surface area contributed by atoms with Gasteiger partial charge in [0.25, 0.3) is 6.20 Å². The van der Waals surface area contributed by atoms with Crippen molar-refractivity contribution in [3.63, 3.8) is 0 Å². The van der Waals surface area contributed by atoms with Crippen molar-refractivity contribution in [1.29, 1.82) is 0 Å². The molecule has 0 radical (unpaired) electrons. The van der Waals surface area contributed by atoms with Crippen LogP contribution in [-0.2, 0) is 4.74 Å². The van der Waals surface area contributed by atoms with Crippen LogP contribution in [0.4, 0.5) is 0 Å². The van der Waals surface area contributed by atoms with E-state index in [4.69, 9.17) is 4.74 Å². The Morgan fingerprint density at radius 1 is 1.48 bits per heavy atom.